The van der Waals surface area contributed by atoms with Crippen molar-refractivity contribution in [3.05, 3.63) is 46.3 Å². The van der Waals surface area contributed by atoms with Crippen LogP contribution < -0.4 is 15.1 Å². The fourth-order valence-corrected chi connectivity index (χ4v) is 2.53. The monoisotopic (exact) mass is 298 g/mol. The second kappa shape index (κ2) is 5.18. The molecule has 5 heteroatoms. The molecule has 0 amide bonds. The number of rotatable bonds is 3. The molecule has 0 N–H and O–H groups in total. The van der Waals surface area contributed by atoms with E-state index in [4.69, 9.17) is 13.9 Å². The first-order valence-electron chi connectivity index (χ1n) is 6.68. The van der Waals surface area contributed by atoms with Crippen molar-refractivity contribution in [2.45, 2.75) is 6.92 Å². The molecule has 1 heterocycles. The standard InChI is InChI=1S/C17H14O5/c1-9(18)13-7-11(21-3)8-15-16(13)14-6-10(20-2)4-5-12(14)17(19)22-15/h4-8H,1-3H3. The third-order valence-electron chi connectivity index (χ3n) is 3.61. The number of ketones is 1. The van der Waals surface area contributed by atoms with Crippen LogP contribution in [0.25, 0.3) is 21.7 Å². The van der Waals surface area contributed by atoms with E-state index in [9.17, 15) is 9.59 Å². The van der Waals surface area contributed by atoms with E-state index in [-0.39, 0.29) is 5.78 Å². The van der Waals surface area contributed by atoms with E-state index in [0.29, 0.717) is 38.8 Å². The van der Waals surface area contributed by atoms with E-state index in [1.807, 2.05) is 0 Å². The van der Waals surface area contributed by atoms with Gasteiger partial charge in [0.05, 0.1) is 19.6 Å². The van der Waals surface area contributed by atoms with Crippen LogP contribution in [0.1, 0.15) is 17.3 Å². The summed E-state index contributed by atoms with van der Waals surface area (Å²) in [5, 5.41) is 1.61. The molecule has 22 heavy (non-hydrogen) atoms. The lowest BCUT2D eigenvalue weighted by Gasteiger charge is -2.10. The van der Waals surface area contributed by atoms with Gasteiger partial charge >= 0.3 is 5.63 Å². The Kier molecular flexibility index (Phi) is 3.33. The molecule has 1 aromatic heterocycles. The quantitative estimate of drug-likeness (QED) is 0.422. The van der Waals surface area contributed by atoms with Crippen LogP contribution in [-0.4, -0.2) is 20.0 Å². The Morgan fingerprint density at radius 1 is 1.00 bits per heavy atom. The number of ether oxygens (including phenoxy) is 2. The molecule has 0 aliphatic carbocycles. The predicted molar refractivity (Wildman–Crippen MR) is 83.1 cm³/mol. The van der Waals surface area contributed by atoms with E-state index < -0.39 is 5.63 Å². The zero-order valence-electron chi connectivity index (χ0n) is 12.4. The molecule has 112 valence electrons. The van der Waals surface area contributed by atoms with Gasteiger partial charge in [0.1, 0.15) is 17.1 Å². The lowest BCUT2D eigenvalue weighted by molar-refractivity contribution is 0.101. The van der Waals surface area contributed by atoms with Gasteiger partial charge in [-0.2, -0.15) is 0 Å². The Balaban J connectivity index is 2.58. The highest BCUT2D eigenvalue weighted by Crippen LogP contribution is 2.32. The van der Waals surface area contributed by atoms with Crippen LogP contribution in [0.5, 0.6) is 11.5 Å². The molecule has 0 unspecified atom stereocenters. The van der Waals surface area contributed by atoms with Gasteiger partial charge in [0, 0.05) is 22.4 Å². The summed E-state index contributed by atoms with van der Waals surface area (Å²) < 4.78 is 15.7. The van der Waals surface area contributed by atoms with Crippen LogP contribution >= 0.6 is 0 Å². The summed E-state index contributed by atoms with van der Waals surface area (Å²) in [5.41, 5.74) is 0.291. The van der Waals surface area contributed by atoms with Crippen LogP contribution in [0.2, 0.25) is 0 Å². The molecule has 0 bridgehead atoms. The van der Waals surface area contributed by atoms with E-state index in [0.717, 1.165) is 0 Å². The third kappa shape index (κ3) is 2.11. The lowest BCUT2D eigenvalue weighted by atomic mass is 10.00. The first-order chi connectivity index (χ1) is 10.5. The second-order valence-electron chi connectivity index (χ2n) is 4.91. The maximum absolute atomic E-state index is 12.1. The molecule has 3 aromatic rings. The van der Waals surface area contributed by atoms with Gasteiger partial charge in [-0.25, -0.2) is 4.79 Å². The van der Waals surface area contributed by atoms with Gasteiger partial charge in [-0.3, -0.25) is 4.79 Å². The fraction of sp³-hybridized carbons (Fsp3) is 0.176. The number of hydrogen-bond donors (Lipinski definition) is 0. The number of carbonyl (C=O) groups is 1. The van der Waals surface area contributed by atoms with E-state index in [1.165, 1.54) is 14.0 Å². The molecule has 3 rings (SSSR count). The largest absolute Gasteiger partial charge is 0.497 e. The van der Waals surface area contributed by atoms with Gasteiger partial charge in [0.2, 0.25) is 0 Å². The Labute approximate surface area is 126 Å². The molecule has 0 aliphatic rings. The Bertz CT molecular complexity index is 953. The van der Waals surface area contributed by atoms with Crippen LogP contribution in [0.15, 0.2) is 39.5 Å². The highest BCUT2D eigenvalue weighted by Gasteiger charge is 2.16. The zero-order valence-corrected chi connectivity index (χ0v) is 12.4. The fourth-order valence-electron chi connectivity index (χ4n) is 2.53. The average molecular weight is 298 g/mol. The van der Waals surface area contributed by atoms with Crippen molar-refractivity contribution in [1.82, 2.24) is 0 Å². The number of fused-ring (bicyclic) bond motifs is 3. The van der Waals surface area contributed by atoms with Crippen molar-refractivity contribution < 1.29 is 18.7 Å². The number of hydrogen-bond acceptors (Lipinski definition) is 5. The molecule has 0 fully saturated rings. The molecular formula is C17H14O5. The highest BCUT2D eigenvalue weighted by atomic mass is 16.5. The summed E-state index contributed by atoms with van der Waals surface area (Å²) in [5.74, 6) is 0.926. The normalized spacial score (nSPS) is 10.9. The van der Waals surface area contributed by atoms with Gasteiger partial charge < -0.3 is 13.9 Å². The molecule has 0 atom stereocenters. The minimum atomic E-state index is -0.465. The first kappa shape index (κ1) is 14.1. The Morgan fingerprint density at radius 2 is 1.73 bits per heavy atom. The topological polar surface area (TPSA) is 65.7 Å². The van der Waals surface area contributed by atoms with E-state index in [1.54, 1.807) is 37.4 Å². The first-order valence-corrected chi connectivity index (χ1v) is 6.68. The van der Waals surface area contributed by atoms with Crippen molar-refractivity contribution in [3.8, 4) is 11.5 Å². The maximum atomic E-state index is 12.1. The molecule has 0 saturated carbocycles. The van der Waals surface area contributed by atoms with Crippen molar-refractivity contribution in [2.24, 2.45) is 0 Å². The number of benzene rings is 2. The van der Waals surface area contributed by atoms with Crippen molar-refractivity contribution in [3.63, 3.8) is 0 Å². The number of Topliss-reactive ketones (excluding diaryl/α,β-unsaturated/α-hetero) is 1. The van der Waals surface area contributed by atoms with E-state index >= 15 is 0 Å². The van der Waals surface area contributed by atoms with Crippen LogP contribution in [0.3, 0.4) is 0 Å². The minimum Gasteiger partial charge on any atom is -0.497 e. The van der Waals surface area contributed by atoms with Gasteiger partial charge in [-0.15, -0.1) is 0 Å². The summed E-state index contributed by atoms with van der Waals surface area (Å²) >= 11 is 0. The number of carbonyl (C=O) groups excluding carboxylic acids is 1. The molecule has 5 nitrogen and oxygen atoms in total. The number of methoxy groups -OCH3 is 2. The molecular weight excluding hydrogens is 284 g/mol. The average Bonchev–Trinajstić information content (AvgIpc) is 2.53. The molecule has 0 aliphatic heterocycles. The zero-order chi connectivity index (χ0) is 15.9. The van der Waals surface area contributed by atoms with Crippen molar-refractivity contribution >= 4 is 27.5 Å². The van der Waals surface area contributed by atoms with Crippen LogP contribution in [0, 0.1) is 0 Å². The van der Waals surface area contributed by atoms with Gasteiger partial charge in [-0.1, -0.05) is 0 Å². The lowest BCUT2D eigenvalue weighted by Crippen LogP contribution is -2.03. The summed E-state index contributed by atoms with van der Waals surface area (Å²) in [6, 6.07) is 8.29. The summed E-state index contributed by atoms with van der Waals surface area (Å²) in [6.45, 7) is 1.46. The Morgan fingerprint density at radius 3 is 2.36 bits per heavy atom. The van der Waals surface area contributed by atoms with Gasteiger partial charge in [0.25, 0.3) is 0 Å². The molecule has 0 radical (unpaired) electrons. The van der Waals surface area contributed by atoms with Crippen molar-refractivity contribution in [2.75, 3.05) is 14.2 Å². The summed E-state index contributed by atoms with van der Waals surface area (Å²) in [4.78, 5) is 24.1. The highest BCUT2D eigenvalue weighted by molar-refractivity contribution is 6.16. The maximum Gasteiger partial charge on any atom is 0.344 e. The predicted octanol–water partition coefficient (Wildman–Crippen LogP) is 3.17. The SMILES string of the molecule is COc1cc(C(C)=O)c2c(c1)oc(=O)c1ccc(OC)cc12. The van der Waals surface area contributed by atoms with Crippen LogP contribution in [0.4, 0.5) is 0 Å². The summed E-state index contributed by atoms with van der Waals surface area (Å²) in [6.07, 6.45) is 0. The molecule has 0 spiro atoms. The molecule has 0 saturated heterocycles. The Hall–Kier alpha value is -2.82. The third-order valence-corrected chi connectivity index (χ3v) is 3.61. The second-order valence-corrected chi connectivity index (χ2v) is 4.91. The van der Waals surface area contributed by atoms with E-state index in [2.05, 4.69) is 0 Å². The van der Waals surface area contributed by atoms with Crippen molar-refractivity contribution in [1.29, 1.82) is 0 Å². The minimum absolute atomic E-state index is 0.137. The van der Waals surface area contributed by atoms with Crippen LogP contribution in [-0.2, 0) is 0 Å². The van der Waals surface area contributed by atoms with Gasteiger partial charge in [-0.05, 0) is 31.2 Å². The molecule has 2 aromatic carbocycles. The van der Waals surface area contributed by atoms with Gasteiger partial charge in [0.15, 0.2) is 5.78 Å². The summed E-state index contributed by atoms with van der Waals surface area (Å²) in [7, 11) is 3.04. The smallest absolute Gasteiger partial charge is 0.344 e.